The van der Waals surface area contributed by atoms with Crippen LogP contribution < -0.4 is 15.6 Å². The van der Waals surface area contributed by atoms with Crippen LogP contribution in [0.4, 0.5) is 0 Å². The monoisotopic (exact) mass is 340 g/mol. The maximum atomic E-state index is 12.6. The number of methoxy groups -OCH3 is 1. The minimum Gasteiger partial charge on any atom is -0.496 e. The molecule has 2 N–H and O–H groups in total. The summed E-state index contributed by atoms with van der Waals surface area (Å²) in [5.41, 5.74) is 3.10. The fourth-order valence-corrected chi connectivity index (χ4v) is 2.89. The zero-order valence-electron chi connectivity index (χ0n) is 14.6. The topological polar surface area (TPSA) is 89.0 Å². The van der Waals surface area contributed by atoms with Crippen LogP contribution in [0.3, 0.4) is 0 Å². The molecule has 0 atom stereocenters. The van der Waals surface area contributed by atoms with Crippen molar-refractivity contribution in [3.63, 3.8) is 0 Å². The number of carbonyl (C=O) groups is 1. The number of benzene rings is 1. The molecule has 3 aromatic rings. The Bertz CT molecular complexity index is 1020. The van der Waals surface area contributed by atoms with Gasteiger partial charge in [0, 0.05) is 19.3 Å². The number of nitrogens with zero attached hydrogens (tertiary/aromatic N) is 2. The lowest BCUT2D eigenvalue weighted by atomic mass is 10.1. The second kappa shape index (κ2) is 6.43. The molecule has 0 aliphatic carbocycles. The highest BCUT2D eigenvalue weighted by atomic mass is 16.5. The van der Waals surface area contributed by atoms with Crippen molar-refractivity contribution >= 4 is 16.9 Å². The van der Waals surface area contributed by atoms with Crippen LogP contribution in [0.25, 0.3) is 11.0 Å². The molecule has 3 rings (SSSR count). The lowest BCUT2D eigenvalue weighted by Crippen LogP contribution is -2.24. The Labute approximate surface area is 144 Å². The number of aryl methyl sites for hydroxylation is 3. The molecule has 2 aromatic heterocycles. The molecule has 0 saturated carbocycles. The van der Waals surface area contributed by atoms with Crippen molar-refractivity contribution in [3.05, 3.63) is 57.0 Å². The quantitative estimate of drug-likeness (QED) is 0.758. The predicted molar refractivity (Wildman–Crippen MR) is 95.0 cm³/mol. The summed E-state index contributed by atoms with van der Waals surface area (Å²) in [6, 6.07) is 7.36. The highest BCUT2D eigenvalue weighted by Crippen LogP contribution is 2.19. The molecule has 7 heteroatoms. The van der Waals surface area contributed by atoms with Crippen LogP contribution in [0, 0.1) is 13.8 Å². The Morgan fingerprint density at radius 1 is 1.32 bits per heavy atom. The third-order valence-corrected chi connectivity index (χ3v) is 4.10. The molecule has 130 valence electrons. The van der Waals surface area contributed by atoms with Crippen LogP contribution >= 0.6 is 0 Å². The molecule has 0 fully saturated rings. The molecule has 0 aliphatic heterocycles. The van der Waals surface area contributed by atoms with Crippen molar-refractivity contribution in [2.45, 2.75) is 20.4 Å². The van der Waals surface area contributed by atoms with Crippen molar-refractivity contribution in [2.75, 3.05) is 7.11 Å². The predicted octanol–water partition coefficient (Wildman–Crippen LogP) is 1.82. The summed E-state index contributed by atoms with van der Waals surface area (Å²) in [5.74, 6) is 0.498. The van der Waals surface area contributed by atoms with E-state index in [1.165, 1.54) is 4.68 Å². The van der Waals surface area contributed by atoms with Crippen LogP contribution in [0.2, 0.25) is 0 Å². The van der Waals surface area contributed by atoms with E-state index in [0.717, 1.165) is 16.9 Å². The van der Waals surface area contributed by atoms with E-state index in [1.54, 1.807) is 27.1 Å². The molecule has 1 aromatic carbocycles. The normalized spacial score (nSPS) is 10.9. The maximum Gasteiger partial charge on any atom is 0.274 e. The molecule has 0 bridgehead atoms. The summed E-state index contributed by atoms with van der Waals surface area (Å²) in [5, 5.41) is 5.81. The number of pyridine rings is 1. The molecular weight excluding hydrogens is 320 g/mol. The molecule has 0 spiro atoms. The van der Waals surface area contributed by atoms with Crippen LogP contribution in [0.15, 0.2) is 29.1 Å². The summed E-state index contributed by atoms with van der Waals surface area (Å²) < 4.78 is 6.76. The number of fused-ring (bicyclic) bond motifs is 1. The third kappa shape index (κ3) is 3.13. The molecular formula is C18H20N4O3. The minimum atomic E-state index is -0.324. The summed E-state index contributed by atoms with van der Waals surface area (Å²) in [7, 11) is 3.32. The molecule has 2 heterocycles. The highest BCUT2D eigenvalue weighted by Gasteiger charge is 2.17. The Balaban J connectivity index is 1.88. The number of aromatic amines is 1. The average molecular weight is 340 g/mol. The van der Waals surface area contributed by atoms with Gasteiger partial charge in [-0.1, -0.05) is 12.1 Å². The Morgan fingerprint density at radius 3 is 2.76 bits per heavy atom. The fourth-order valence-electron chi connectivity index (χ4n) is 2.89. The van der Waals surface area contributed by atoms with Gasteiger partial charge in [0.25, 0.3) is 11.5 Å². The molecule has 1 amide bonds. The van der Waals surface area contributed by atoms with Crippen molar-refractivity contribution in [1.82, 2.24) is 20.1 Å². The lowest BCUT2D eigenvalue weighted by Gasteiger charge is -2.09. The zero-order chi connectivity index (χ0) is 18.1. The first-order chi connectivity index (χ1) is 11.9. The molecule has 0 radical (unpaired) electrons. The van der Waals surface area contributed by atoms with E-state index in [1.807, 2.05) is 25.1 Å². The van der Waals surface area contributed by atoms with Crippen LogP contribution in [-0.4, -0.2) is 27.8 Å². The molecule has 25 heavy (non-hydrogen) atoms. The van der Waals surface area contributed by atoms with Crippen LogP contribution in [0.5, 0.6) is 5.75 Å². The van der Waals surface area contributed by atoms with E-state index < -0.39 is 0 Å². The number of amides is 1. The van der Waals surface area contributed by atoms with Crippen LogP contribution in [-0.2, 0) is 13.6 Å². The summed E-state index contributed by atoms with van der Waals surface area (Å²) >= 11 is 0. The first kappa shape index (κ1) is 16.8. The maximum absolute atomic E-state index is 12.6. The van der Waals surface area contributed by atoms with E-state index in [0.29, 0.717) is 28.8 Å². The summed E-state index contributed by atoms with van der Waals surface area (Å²) in [6.45, 7) is 4.10. The van der Waals surface area contributed by atoms with Gasteiger partial charge in [-0.25, -0.2) is 4.98 Å². The Morgan fingerprint density at radius 2 is 2.08 bits per heavy atom. The first-order valence-electron chi connectivity index (χ1n) is 7.88. The standard InChI is InChI=1S/C18H20N4O3/c1-10-7-12(5-6-14(10)25-4)9-19-17(23)13-8-11(2)20-16-15(13)18(24)21-22(16)3/h5-8H,9H2,1-4H3,(H,19,23)(H,21,24). The van der Waals surface area contributed by atoms with Gasteiger partial charge in [-0.15, -0.1) is 0 Å². The Kier molecular flexibility index (Phi) is 4.31. The molecule has 0 unspecified atom stereocenters. The van der Waals surface area contributed by atoms with E-state index in [-0.39, 0.29) is 11.5 Å². The van der Waals surface area contributed by atoms with Gasteiger partial charge in [0.2, 0.25) is 0 Å². The van der Waals surface area contributed by atoms with E-state index in [4.69, 9.17) is 4.74 Å². The number of H-pyrrole nitrogens is 1. The minimum absolute atomic E-state index is 0.302. The van der Waals surface area contributed by atoms with Crippen LogP contribution in [0.1, 0.15) is 27.2 Å². The third-order valence-electron chi connectivity index (χ3n) is 4.10. The highest BCUT2D eigenvalue weighted by molar-refractivity contribution is 6.05. The van der Waals surface area contributed by atoms with Gasteiger partial charge in [-0.2, -0.15) is 0 Å². The number of hydrogen-bond donors (Lipinski definition) is 2. The van der Waals surface area contributed by atoms with Gasteiger partial charge in [-0.3, -0.25) is 19.4 Å². The van der Waals surface area contributed by atoms with Gasteiger partial charge < -0.3 is 10.1 Å². The van der Waals surface area contributed by atoms with Crippen molar-refractivity contribution in [3.8, 4) is 5.75 Å². The van der Waals surface area contributed by atoms with Crippen molar-refractivity contribution in [1.29, 1.82) is 0 Å². The van der Waals surface area contributed by atoms with Crippen molar-refractivity contribution in [2.24, 2.45) is 7.05 Å². The summed E-state index contributed by atoms with van der Waals surface area (Å²) in [6.07, 6.45) is 0. The summed E-state index contributed by atoms with van der Waals surface area (Å²) in [4.78, 5) is 29.1. The van der Waals surface area contributed by atoms with E-state index in [9.17, 15) is 9.59 Å². The number of carbonyl (C=O) groups excluding carboxylic acids is 1. The largest absolute Gasteiger partial charge is 0.496 e. The van der Waals surface area contributed by atoms with Crippen molar-refractivity contribution < 1.29 is 9.53 Å². The van der Waals surface area contributed by atoms with Gasteiger partial charge in [0.1, 0.15) is 5.75 Å². The second-order valence-corrected chi connectivity index (χ2v) is 6.00. The smallest absolute Gasteiger partial charge is 0.274 e. The molecule has 0 aliphatic rings. The lowest BCUT2D eigenvalue weighted by molar-refractivity contribution is 0.0952. The van der Waals surface area contributed by atoms with Gasteiger partial charge >= 0.3 is 0 Å². The number of aromatic nitrogens is 3. The second-order valence-electron chi connectivity index (χ2n) is 6.00. The number of ether oxygens (including phenoxy) is 1. The van der Waals surface area contributed by atoms with Gasteiger partial charge in [-0.05, 0) is 37.1 Å². The van der Waals surface area contributed by atoms with Gasteiger partial charge in [0.05, 0.1) is 18.1 Å². The Hall–Kier alpha value is -3.09. The molecule has 7 nitrogen and oxygen atoms in total. The molecule has 0 saturated heterocycles. The zero-order valence-corrected chi connectivity index (χ0v) is 14.6. The van der Waals surface area contributed by atoms with E-state index in [2.05, 4.69) is 15.4 Å². The number of hydrogen-bond acceptors (Lipinski definition) is 4. The number of rotatable bonds is 4. The SMILES string of the molecule is COc1ccc(CNC(=O)c2cc(C)nc3c2c(=O)[nH]n3C)cc1C. The van der Waals surface area contributed by atoms with E-state index >= 15 is 0 Å². The fraction of sp³-hybridized carbons (Fsp3) is 0.278. The first-order valence-corrected chi connectivity index (χ1v) is 7.88. The average Bonchev–Trinajstić information content (AvgIpc) is 2.86. The van der Waals surface area contributed by atoms with Gasteiger partial charge in [0.15, 0.2) is 5.65 Å². The number of nitrogens with one attached hydrogen (secondary N) is 2.